The monoisotopic (exact) mass is 341 g/mol. The predicted molar refractivity (Wildman–Crippen MR) is 96.8 cm³/mol. The van der Waals surface area contributed by atoms with Gasteiger partial charge in [-0.25, -0.2) is 4.79 Å². The summed E-state index contributed by atoms with van der Waals surface area (Å²) in [7, 11) is 0. The molecule has 4 rings (SSSR count). The third-order valence-corrected chi connectivity index (χ3v) is 5.43. The smallest absolute Gasteiger partial charge is 0.341 e. The molecule has 1 unspecified atom stereocenters. The average Bonchev–Trinajstić information content (AvgIpc) is 3.40. The summed E-state index contributed by atoms with van der Waals surface area (Å²) in [6, 6.07) is 3.68. The molecule has 3 N–H and O–H groups in total. The second kappa shape index (κ2) is 5.88. The van der Waals surface area contributed by atoms with Crippen LogP contribution in [-0.4, -0.2) is 34.6 Å². The van der Waals surface area contributed by atoms with Crippen molar-refractivity contribution >= 4 is 17.2 Å². The fourth-order valence-corrected chi connectivity index (χ4v) is 4.02. The van der Waals surface area contributed by atoms with Gasteiger partial charge in [0.25, 0.3) is 5.56 Å². The zero-order valence-corrected chi connectivity index (χ0v) is 14.4. The minimum absolute atomic E-state index is 0.147. The van der Waals surface area contributed by atoms with Gasteiger partial charge in [-0.05, 0) is 61.8 Å². The summed E-state index contributed by atoms with van der Waals surface area (Å²) in [5, 5.41) is 9.37. The maximum absolute atomic E-state index is 12.6. The van der Waals surface area contributed by atoms with Gasteiger partial charge in [0.2, 0.25) is 0 Å². The molecule has 2 aromatic rings. The first kappa shape index (κ1) is 16.1. The maximum Gasteiger partial charge on any atom is 0.341 e. The number of anilines is 1. The number of aryl methyl sites for hydroxylation is 1. The van der Waals surface area contributed by atoms with E-state index in [1.54, 1.807) is 12.3 Å². The predicted octanol–water partition coefficient (Wildman–Crippen LogP) is 2.11. The van der Waals surface area contributed by atoms with Gasteiger partial charge in [0.15, 0.2) is 0 Å². The van der Waals surface area contributed by atoms with Gasteiger partial charge in [-0.3, -0.25) is 9.20 Å². The Labute approximate surface area is 145 Å². The summed E-state index contributed by atoms with van der Waals surface area (Å²) in [5.41, 5.74) is 9.51. The van der Waals surface area contributed by atoms with Crippen molar-refractivity contribution in [2.45, 2.75) is 44.6 Å². The topological polar surface area (TPSA) is 88.0 Å². The zero-order chi connectivity index (χ0) is 17.7. The fourth-order valence-electron chi connectivity index (χ4n) is 4.02. The second-order valence-corrected chi connectivity index (χ2v) is 7.29. The highest BCUT2D eigenvalue weighted by molar-refractivity contribution is 5.89. The van der Waals surface area contributed by atoms with Crippen molar-refractivity contribution in [3.8, 4) is 0 Å². The number of rotatable bonds is 3. The average molecular weight is 341 g/mol. The van der Waals surface area contributed by atoms with E-state index in [1.807, 2.05) is 13.0 Å². The van der Waals surface area contributed by atoms with Crippen molar-refractivity contribution in [2.24, 2.45) is 5.73 Å². The van der Waals surface area contributed by atoms with Crippen LogP contribution in [0.2, 0.25) is 0 Å². The molecule has 6 heteroatoms. The van der Waals surface area contributed by atoms with E-state index in [4.69, 9.17) is 5.73 Å². The molecule has 2 aromatic heterocycles. The molecule has 0 radical (unpaired) electrons. The lowest BCUT2D eigenvalue weighted by Crippen LogP contribution is -2.43. The van der Waals surface area contributed by atoms with Gasteiger partial charge in [-0.2, -0.15) is 0 Å². The van der Waals surface area contributed by atoms with Crippen molar-refractivity contribution in [1.29, 1.82) is 0 Å². The number of nitrogens with zero attached hydrogens (tertiary/aromatic N) is 2. The van der Waals surface area contributed by atoms with Crippen LogP contribution in [0.5, 0.6) is 0 Å². The molecule has 2 fully saturated rings. The number of nitrogens with two attached hydrogens (primary N) is 1. The molecule has 0 amide bonds. The SMILES string of the molecule is Cc1c(N2CCCC(N)C2)ccn2c(=O)c(C(=O)O)cc(C3CC3)c12. The van der Waals surface area contributed by atoms with Gasteiger partial charge in [-0.15, -0.1) is 0 Å². The van der Waals surface area contributed by atoms with Crippen LogP contribution in [0.3, 0.4) is 0 Å². The van der Waals surface area contributed by atoms with E-state index in [1.165, 1.54) is 4.40 Å². The Morgan fingerprint density at radius 2 is 2.08 bits per heavy atom. The second-order valence-electron chi connectivity index (χ2n) is 7.29. The van der Waals surface area contributed by atoms with Crippen molar-refractivity contribution in [3.63, 3.8) is 0 Å². The van der Waals surface area contributed by atoms with Gasteiger partial charge >= 0.3 is 5.97 Å². The van der Waals surface area contributed by atoms with E-state index >= 15 is 0 Å². The molecule has 1 saturated carbocycles. The van der Waals surface area contributed by atoms with Gasteiger partial charge in [0, 0.05) is 31.0 Å². The van der Waals surface area contributed by atoms with Crippen molar-refractivity contribution in [2.75, 3.05) is 18.0 Å². The molecular formula is C19H23N3O3. The lowest BCUT2D eigenvalue weighted by atomic mass is 10.0. The number of fused-ring (bicyclic) bond motifs is 1. The molecule has 1 aliphatic heterocycles. The normalized spacial score (nSPS) is 20.9. The number of carbonyl (C=O) groups is 1. The van der Waals surface area contributed by atoms with Crippen LogP contribution in [0.25, 0.3) is 5.52 Å². The molecule has 0 aromatic carbocycles. The number of hydrogen-bond donors (Lipinski definition) is 2. The van der Waals surface area contributed by atoms with Crippen LogP contribution in [0.1, 0.15) is 53.1 Å². The molecule has 2 aliphatic rings. The van der Waals surface area contributed by atoms with Crippen LogP contribution < -0.4 is 16.2 Å². The van der Waals surface area contributed by atoms with Crippen LogP contribution in [0.4, 0.5) is 5.69 Å². The van der Waals surface area contributed by atoms with Crippen LogP contribution in [0, 0.1) is 6.92 Å². The number of pyridine rings is 2. The lowest BCUT2D eigenvalue weighted by Gasteiger charge is -2.34. The number of aromatic carboxylic acids is 1. The van der Waals surface area contributed by atoms with E-state index in [-0.39, 0.29) is 11.6 Å². The number of piperidine rings is 1. The summed E-state index contributed by atoms with van der Waals surface area (Å²) in [6.45, 7) is 3.80. The number of aromatic nitrogens is 1. The first-order valence-corrected chi connectivity index (χ1v) is 8.90. The highest BCUT2D eigenvalue weighted by Crippen LogP contribution is 2.43. The Kier molecular flexibility index (Phi) is 3.80. The highest BCUT2D eigenvalue weighted by atomic mass is 16.4. The molecule has 1 saturated heterocycles. The molecule has 132 valence electrons. The Bertz CT molecular complexity index is 914. The third-order valence-electron chi connectivity index (χ3n) is 5.43. The lowest BCUT2D eigenvalue weighted by molar-refractivity contribution is 0.0694. The summed E-state index contributed by atoms with van der Waals surface area (Å²) >= 11 is 0. The van der Waals surface area contributed by atoms with Crippen molar-refractivity contribution in [1.82, 2.24) is 4.40 Å². The van der Waals surface area contributed by atoms with Crippen LogP contribution in [0.15, 0.2) is 23.1 Å². The Morgan fingerprint density at radius 1 is 1.32 bits per heavy atom. The summed E-state index contributed by atoms with van der Waals surface area (Å²) in [4.78, 5) is 26.4. The molecule has 3 heterocycles. The molecular weight excluding hydrogens is 318 g/mol. The van der Waals surface area contributed by atoms with Gasteiger partial charge in [0.05, 0.1) is 5.52 Å². The first-order valence-electron chi connectivity index (χ1n) is 8.90. The molecule has 0 spiro atoms. The van der Waals surface area contributed by atoms with Gasteiger partial charge in [0.1, 0.15) is 5.56 Å². The Hall–Kier alpha value is -2.34. The minimum atomic E-state index is -1.16. The summed E-state index contributed by atoms with van der Waals surface area (Å²) in [5.74, 6) is -0.809. The first-order chi connectivity index (χ1) is 12.0. The summed E-state index contributed by atoms with van der Waals surface area (Å²) in [6.07, 6.45) is 5.92. The standard InChI is InChI=1S/C19H23N3O3/c1-11-16(21-7-2-3-13(20)10-21)6-8-22-17(11)14(12-4-5-12)9-15(18(22)23)19(24)25/h6,8-9,12-13H,2-5,7,10,20H2,1H3,(H,24,25). The summed E-state index contributed by atoms with van der Waals surface area (Å²) < 4.78 is 1.51. The number of carboxylic acids is 1. The molecule has 6 nitrogen and oxygen atoms in total. The number of hydrogen-bond acceptors (Lipinski definition) is 4. The fraction of sp³-hybridized carbons (Fsp3) is 0.474. The van der Waals surface area contributed by atoms with Crippen molar-refractivity contribution in [3.05, 3.63) is 45.4 Å². The third kappa shape index (κ3) is 2.70. The molecule has 0 bridgehead atoms. The zero-order valence-electron chi connectivity index (χ0n) is 14.4. The number of carboxylic acid groups (broad SMARTS) is 1. The maximum atomic E-state index is 12.6. The van der Waals surface area contributed by atoms with Crippen LogP contribution in [-0.2, 0) is 0 Å². The van der Waals surface area contributed by atoms with Crippen LogP contribution >= 0.6 is 0 Å². The Balaban J connectivity index is 1.94. The molecule has 1 aliphatic carbocycles. The highest BCUT2D eigenvalue weighted by Gasteiger charge is 2.30. The van der Waals surface area contributed by atoms with Crippen molar-refractivity contribution < 1.29 is 9.90 Å². The van der Waals surface area contributed by atoms with E-state index in [2.05, 4.69) is 4.90 Å². The van der Waals surface area contributed by atoms with E-state index in [9.17, 15) is 14.7 Å². The largest absolute Gasteiger partial charge is 0.477 e. The van der Waals surface area contributed by atoms with Gasteiger partial charge < -0.3 is 15.7 Å². The minimum Gasteiger partial charge on any atom is -0.477 e. The van der Waals surface area contributed by atoms with E-state index in [0.29, 0.717) is 5.92 Å². The van der Waals surface area contributed by atoms with E-state index in [0.717, 1.165) is 61.1 Å². The Morgan fingerprint density at radius 3 is 2.72 bits per heavy atom. The van der Waals surface area contributed by atoms with E-state index < -0.39 is 11.5 Å². The molecule has 1 atom stereocenters. The molecule has 25 heavy (non-hydrogen) atoms. The quantitative estimate of drug-likeness (QED) is 0.893. The van der Waals surface area contributed by atoms with Gasteiger partial charge in [-0.1, -0.05) is 0 Å².